The zero-order valence-corrected chi connectivity index (χ0v) is 18.8. The Labute approximate surface area is 197 Å². The lowest BCUT2D eigenvalue weighted by atomic mass is 10.0. The average molecular weight is 491 g/mol. The molecule has 5 rings (SSSR count). The first-order valence-corrected chi connectivity index (χ1v) is 11.6. The highest BCUT2D eigenvalue weighted by Crippen LogP contribution is 2.28. The molecule has 1 aromatic carbocycles. The van der Waals surface area contributed by atoms with Gasteiger partial charge >= 0.3 is 6.18 Å². The predicted octanol–water partition coefficient (Wildman–Crippen LogP) is 2.63. The summed E-state index contributed by atoms with van der Waals surface area (Å²) >= 11 is 1.34. The van der Waals surface area contributed by atoms with Gasteiger partial charge in [-0.05, 0) is 30.3 Å². The van der Waals surface area contributed by atoms with E-state index in [0.717, 1.165) is 23.8 Å². The van der Waals surface area contributed by atoms with E-state index in [0.29, 0.717) is 42.4 Å². The zero-order chi connectivity index (χ0) is 23.9. The van der Waals surface area contributed by atoms with Crippen LogP contribution in [0.25, 0.3) is 5.69 Å². The van der Waals surface area contributed by atoms with Crippen LogP contribution >= 0.6 is 11.3 Å². The molecule has 2 aliphatic rings. The molecule has 2 aliphatic heterocycles. The van der Waals surface area contributed by atoms with E-state index in [1.165, 1.54) is 17.5 Å². The number of carbonyl (C=O) groups is 2. The molecule has 0 radical (unpaired) electrons. The van der Waals surface area contributed by atoms with Crippen molar-refractivity contribution in [3.8, 4) is 5.69 Å². The molecule has 0 N–H and O–H groups in total. The van der Waals surface area contributed by atoms with Crippen LogP contribution in [0.2, 0.25) is 0 Å². The number of piperazine rings is 1. The van der Waals surface area contributed by atoms with Gasteiger partial charge in [-0.1, -0.05) is 0 Å². The van der Waals surface area contributed by atoms with E-state index in [1.54, 1.807) is 40.7 Å². The molecule has 0 saturated carbocycles. The molecule has 12 heteroatoms. The molecule has 178 valence electrons. The Morgan fingerprint density at radius 3 is 2.24 bits per heavy atom. The molecular formula is C22H21F3N6O2S. The highest BCUT2D eigenvalue weighted by Gasteiger charge is 2.37. The van der Waals surface area contributed by atoms with Crippen molar-refractivity contribution in [2.24, 2.45) is 0 Å². The third-order valence-corrected chi connectivity index (χ3v) is 6.90. The van der Waals surface area contributed by atoms with Gasteiger partial charge in [0.05, 0.1) is 5.69 Å². The summed E-state index contributed by atoms with van der Waals surface area (Å²) in [5.74, 6) is -0.148. The van der Waals surface area contributed by atoms with Crippen molar-refractivity contribution >= 4 is 23.2 Å². The number of alkyl halides is 3. The molecule has 0 atom stereocenters. The van der Waals surface area contributed by atoms with Gasteiger partial charge in [0, 0.05) is 68.6 Å². The highest BCUT2D eigenvalue weighted by molar-refractivity contribution is 7.11. The Morgan fingerprint density at radius 2 is 1.65 bits per heavy atom. The number of benzene rings is 1. The number of likely N-dealkylation sites (tertiary alicyclic amines) is 1. The van der Waals surface area contributed by atoms with Crippen LogP contribution in [0, 0.1) is 0 Å². The number of hydrogen-bond donors (Lipinski definition) is 0. The van der Waals surface area contributed by atoms with Gasteiger partial charge in [0.2, 0.25) is 0 Å². The van der Waals surface area contributed by atoms with Crippen molar-refractivity contribution in [1.82, 2.24) is 29.5 Å². The van der Waals surface area contributed by atoms with Crippen molar-refractivity contribution < 1.29 is 22.8 Å². The molecule has 2 fully saturated rings. The summed E-state index contributed by atoms with van der Waals surface area (Å²) in [5.41, 5.74) is -0.0457. The lowest BCUT2D eigenvalue weighted by Gasteiger charge is -2.48. The monoisotopic (exact) mass is 490 g/mol. The fourth-order valence-corrected chi connectivity index (χ4v) is 4.77. The highest BCUT2D eigenvalue weighted by atomic mass is 32.1. The molecule has 34 heavy (non-hydrogen) atoms. The van der Waals surface area contributed by atoms with Gasteiger partial charge in [-0.2, -0.15) is 18.3 Å². The van der Waals surface area contributed by atoms with Gasteiger partial charge in [0.15, 0.2) is 10.7 Å². The van der Waals surface area contributed by atoms with Gasteiger partial charge in [0.25, 0.3) is 11.8 Å². The second-order valence-electron chi connectivity index (χ2n) is 8.22. The largest absolute Gasteiger partial charge is 0.435 e. The number of halogens is 3. The minimum Gasteiger partial charge on any atom is -0.335 e. The maximum Gasteiger partial charge on any atom is 0.435 e. The SMILES string of the molecule is O=C(c1ccc(-n2ccc(C(F)(F)F)n2)cc1)N1CC(N2CCN(C(=O)c3nccs3)CC2)C1. The smallest absolute Gasteiger partial charge is 0.335 e. The third kappa shape index (κ3) is 4.42. The molecule has 4 heterocycles. The third-order valence-electron chi connectivity index (χ3n) is 6.14. The summed E-state index contributed by atoms with van der Waals surface area (Å²) in [6.07, 6.45) is -1.63. The second kappa shape index (κ2) is 8.84. The molecule has 8 nitrogen and oxygen atoms in total. The van der Waals surface area contributed by atoms with Crippen LogP contribution in [0.4, 0.5) is 13.2 Å². The summed E-state index contributed by atoms with van der Waals surface area (Å²) in [7, 11) is 0. The first kappa shape index (κ1) is 22.5. The van der Waals surface area contributed by atoms with Crippen LogP contribution in [-0.2, 0) is 6.18 Å². The summed E-state index contributed by atoms with van der Waals surface area (Å²) in [4.78, 5) is 35.2. The molecular weight excluding hydrogens is 469 g/mol. The van der Waals surface area contributed by atoms with Crippen LogP contribution in [-0.4, -0.2) is 86.6 Å². The fraction of sp³-hybridized carbons (Fsp3) is 0.364. The normalized spacial score (nSPS) is 17.6. The van der Waals surface area contributed by atoms with Gasteiger partial charge in [-0.15, -0.1) is 11.3 Å². The Hall–Kier alpha value is -3.25. The number of carbonyl (C=O) groups excluding carboxylic acids is 2. The van der Waals surface area contributed by atoms with E-state index in [2.05, 4.69) is 15.0 Å². The second-order valence-corrected chi connectivity index (χ2v) is 9.11. The number of nitrogens with zero attached hydrogens (tertiary/aromatic N) is 6. The summed E-state index contributed by atoms with van der Waals surface area (Å²) < 4.78 is 39.4. The average Bonchev–Trinajstić information content (AvgIpc) is 3.50. The number of amides is 2. The molecule has 0 aliphatic carbocycles. The summed E-state index contributed by atoms with van der Waals surface area (Å²) in [6, 6.07) is 7.53. The van der Waals surface area contributed by atoms with E-state index >= 15 is 0 Å². The molecule has 2 aromatic heterocycles. The van der Waals surface area contributed by atoms with E-state index in [-0.39, 0.29) is 17.9 Å². The van der Waals surface area contributed by atoms with Crippen LogP contribution < -0.4 is 0 Å². The van der Waals surface area contributed by atoms with Crippen LogP contribution in [0.15, 0.2) is 48.1 Å². The van der Waals surface area contributed by atoms with Crippen LogP contribution in [0.5, 0.6) is 0 Å². The quantitative estimate of drug-likeness (QED) is 0.562. The minimum atomic E-state index is -4.50. The lowest BCUT2D eigenvalue weighted by molar-refractivity contribution is -0.141. The van der Waals surface area contributed by atoms with Crippen molar-refractivity contribution in [2.75, 3.05) is 39.3 Å². The van der Waals surface area contributed by atoms with Crippen LogP contribution in [0.3, 0.4) is 0 Å². The maximum absolute atomic E-state index is 12.8. The molecule has 2 saturated heterocycles. The van der Waals surface area contributed by atoms with Crippen molar-refractivity contribution in [3.63, 3.8) is 0 Å². The van der Waals surface area contributed by atoms with E-state index in [9.17, 15) is 22.8 Å². The standard InChI is InChI=1S/C22H21F3N6O2S/c23-22(24,25)18-5-7-31(27-18)16-3-1-15(2-4-16)20(32)30-13-17(14-30)28-8-10-29(11-9-28)21(33)19-26-6-12-34-19/h1-7,12,17H,8-11,13-14H2. The van der Waals surface area contributed by atoms with Crippen molar-refractivity contribution in [2.45, 2.75) is 12.2 Å². The predicted molar refractivity (Wildman–Crippen MR) is 118 cm³/mol. The molecule has 0 bridgehead atoms. The number of aromatic nitrogens is 3. The number of rotatable bonds is 4. The van der Waals surface area contributed by atoms with Crippen molar-refractivity contribution in [3.05, 3.63) is 64.4 Å². The molecule has 3 aromatic rings. The van der Waals surface area contributed by atoms with Crippen molar-refractivity contribution in [1.29, 1.82) is 0 Å². The zero-order valence-electron chi connectivity index (χ0n) is 18.0. The lowest BCUT2D eigenvalue weighted by Crippen LogP contribution is -2.64. The van der Waals surface area contributed by atoms with E-state index in [4.69, 9.17) is 0 Å². The molecule has 2 amide bonds. The molecule has 0 spiro atoms. The van der Waals surface area contributed by atoms with Gasteiger partial charge in [-0.25, -0.2) is 9.67 Å². The molecule has 0 unspecified atom stereocenters. The van der Waals surface area contributed by atoms with Crippen LogP contribution in [0.1, 0.15) is 25.9 Å². The topological polar surface area (TPSA) is 74.6 Å². The Balaban J connectivity index is 1.12. The summed E-state index contributed by atoms with van der Waals surface area (Å²) in [6.45, 7) is 3.98. The first-order valence-electron chi connectivity index (χ1n) is 10.7. The van der Waals surface area contributed by atoms with Gasteiger partial charge < -0.3 is 9.80 Å². The number of hydrogen-bond acceptors (Lipinski definition) is 6. The van der Waals surface area contributed by atoms with E-state index < -0.39 is 11.9 Å². The Kier molecular flexibility index (Phi) is 5.86. The Bertz CT molecular complexity index is 1160. The van der Waals surface area contributed by atoms with E-state index in [1.807, 2.05) is 4.90 Å². The summed E-state index contributed by atoms with van der Waals surface area (Å²) in [5, 5.41) is 5.84. The van der Waals surface area contributed by atoms with Gasteiger partial charge in [-0.3, -0.25) is 14.5 Å². The number of thiazole rings is 1. The van der Waals surface area contributed by atoms with Gasteiger partial charge in [0.1, 0.15) is 0 Å². The Morgan fingerprint density at radius 1 is 0.941 bits per heavy atom. The minimum absolute atomic E-state index is 0.0340. The first-order chi connectivity index (χ1) is 16.3. The maximum atomic E-state index is 12.8. The fourth-order valence-electron chi connectivity index (χ4n) is 4.16.